The van der Waals surface area contributed by atoms with Crippen molar-refractivity contribution in [3.8, 4) is 5.88 Å². The number of hydrogen-bond donors (Lipinski definition) is 1. The Morgan fingerprint density at radius 2 is 2.00 bits per heavy atom. The van der Waals surface area contributed by atoms with Crippen molar-refractivity contribution in [1.82, 2.24) is 15.2 Å². The number of methoxy groups -OCH3 is 1. The van der Waals surface area contributed by atoms with Gasteiger partial charge in [-0.2, -0.15) is 4.98 Å². The zero-order chi connectivity index (χ0) is 24.5. The molecule has 0 spiro atoms. The molecule has 2 aliphatic heterocycles. The van der Waals surface area contributed by atoms with Crippen LogP contribution >= 0.6 is 0 Å². The fourth-order valence-corrected chi connectivity index (χ4v) is 4.43. The fourth-order valence-electron chi connectivity index (χ4n) is 4.43. The van der Waals surface area contributed by atoms with Crippen molar-refractivity contribution in [2.75, 3.05) is 25.1 Å². The maximum atomic E-state index is 15.1. The molecule has 1 atom stereocenters. The number of aromatic nitrogens is 1. The van der Waals surface area contributed by atoms with Gasteiger partial charge in [-0.25, -0.2) is 9.18 Å². The first-order chi connectivity index (χ1) is 16.2. The first-order valence-electron chi connectivity index (χ1n) is 11.5. The maximum Gasteiger partial charge on any atom is 0.410 e. The summed E-state index contributed by atoms with van der Waals surface area (Å²) in [5, 5.41) is 2.81. The van der Waals surface area contributed by atoms with E-state index in [0.29, 0.717) is 31.5 Å². The van der Waals surface area contributed by atoms with E-state index in [1.54, 1.807) is 20.8 Å². The Balaban J connectivity index is 1.47. The molecule has 0 aliphatic carbocycles. The number of benzene rings is 1. The zero-order valence-electron chi connectivity index (χ0n) is 20.1. The molecule has 2 aliphatic rings. The Labute approximate surface area is 199 Å². The normalized spacial score (nSPS) is 17.5. The van der Waals surface area contributed by atoms with E-state index in [4.69, 9.17) is 9.47 Å². The predicted octanol–water partition coefficient (Wildman–Crippen LogP) is 3.94. The van der Waals surface area contributed by atoms with Gasteiger partial charge >= 0.3 is 6.09 Å². The summed E-state index contributed by atoms with van der Waals surface area (Å²) in [6.07, 6.45) is 1.56. The fraction of sp³-hybridized carbons (Fsp3) is 0.480. The highest BCUT2D eigenvalue weighted by atomic mass is 19.1. The summed E-state index contributed by atoms with van der Waals surface area (Å²) in [6.45, 7) is 6.47. The number of carbonyl (C=O) groups excluding carboxylic acids is 2. The van der Waals surface area contributed by atoms with Crippen LogP contribution in [0.1, 0.15) is 44.7 Å². The minimum Gasteiger partial charge on any atom is -0.481 e. The Morgan fingerprint density at radius 1 is 1.24 bits per heavy atom. The van der Waals surface area contributed by atoms with Crippen molar-refractivity contribution in [2.45, 2.75) is 58.2 Å². The predicted molar refractivity (Wildman–Crippen MR) is 126 cm³/mol. The van der Waals surface area contributed by atoms with Gasteiger partial charge in [0.05, 0.1) is 7.11 Å². The first-order valence-corrected chi connectivity index (χ1v) is 11.5. The molecule has 2 amide bonds. The van der Waals surface area contributed by atoms with Crippen molar-refractivity contribution >= 4 is 23.5 Å². The van der Waals surface area contributed by atoms with E-state index in [9.17, 15) is 9.59 Å². The molecule has 182 valence electrons. The van der Waals surface area contributed by atoms with Crippen LogP contribution in [-0.4, -0.2) is 53.7 Å². The summed E-state index contributed by atoms with van der Waals surface area (Å²) in [7, 11) is 1.47. The molecule has 8 nitrogen and oxygen atoms in total. The molecule has 0 radical (unpaired) electrons. The molecule has 4 rings (SSSR count). The van der Waals surface area contributed by atoms with Crippen LogP contribution in [0.4, 0.5) is 20.7 Å². The zero-order valence-corrected chi connectivity index (χ0v) is 20.1. The molecule has 1 N–H and O–H groups in total. The Bertz CT molecular complexity index is 1090. The highest BCUT2D eigenvalue weighted by Gasteiger charge is 2.36. The Hall–Kier alpha value is -3.36. The molecule has 0 saturated carbocycles. The van der Waals surface area contributed by atoms with Crippen LogP contribution < -0.4 is 15.0 Å². The van der Waals surface area contributed by atoms with Crippen molar-refractivity contribution in [2.24, 2.45) is 0 Å². The van der Waals surface area contributed by atoms with E-state index < -0.39 is 23.6 Å². The number of rotatable bonds is 5. The lowest BCUT2D eigenvalue weighted by Crippen LogP contribution is -2.47. The van der Waals surface area contributed by atoms with Gasteiger partial charge in [-0.3, -0.25) is 9.69 Å². The minimum atomic E-state index is -0.644. The van der Waals surface area contributed by atoms with E-state index in [0.717, 1.165) is 17.7 Å². The van der Waals surface area contributed by atoms with Gasteiger partial charge in [-0.1, -0.05) is 18.2 Å². The molecule has 34 heavy (non-hydrogen) atoms. The summed E-state index contributed by atoms with van der Waals surface area (Å²) in [5.74, 6) is -0.360. The van der Waals surface area contributed by atoms with E-state index in [2.05, 4.69) is 10.3 Å². The number of amides is 2. The molecular formula is C25H31FN4O4. The third-order valence-corrected chi connectivity index (χ3v) is 5.97. The standard InChI is InChI=1S/C25H31FN4O4/c1-25(2,3)34-24(32)30-12-7-10-20(30)22(31)27-15-17-14-18(26)21(28-23(17)33-4)29-13-11-16-8-5-6-9-19(16)29/h5-6,8-9,14,20H,7,10-13,15H2,1-4H3,(H,27,31). The van der Waals surface area contributed by atoms with Gasteiger partial charge in [-0.15, -0.1) is 0 Å². The van der Waals surface area contributed by atoms with Crippen LogP contribution in [-0.2, 0) is 22.5 Å². The summed E-state index contributed by atoms with van der Waals surface area (Å²) in [5.41, 5.74) is 1.85. The molecule has 1 unspecified atom stereocenters. The lowest BCUT2D eigenvalue weighted by Gasteiger charge is -2.28. The molecule has 3 heterocycles. The number of ether oxygens (including phenoxy) is 2. The van der Waals surface area contributed by atoms with E-state index in [1.807, 2.05) is 29.2 Å². The second-order valence-electron chi connectivity index (χ2n) is 9.54. The van der Waals surface area contributed by atoms with Crippen LogP contribution in [0.5, 0.6) is 5.88 Å². The molecule has 1 aromatic heterocycles. The Kier molecular flexibility index (Phi) is 6.63. The number of hydrogen-bond acceptors (Lipinski definition) is 6. The first kappa shape index (κ1) is 23.8. The lowest BCUT2D eigenvalue weighted by molar-refractivity contribution is -0.125. The number of halogens is 1. The average Bonchev–Trinajstić information content (AvgIpc) is 3.44. The summed E-state index contributed by atoms with van der Waals surface area (Å²) in [6, 6.07) is 8.58. The van der Waals surface area contributed by atoms with Crippen LogP contribution in [0.3, 0.4) is 0 Å². The number of anilines is 2. The van der Waals surface area contributed by atoms with Gasteiger partial charge in [0, 0.05) is 30.9 Å². The number of nitrogens with zero attached hydrogens (tertiary/aromatic N) is 3. The average molecular weight is 471 g/mol. The minimum absolute atomic E-state index is 0.0292. The molecule has 0 bridgehead atoms. The third kappa shape index (κ3) is 4.93. The quantitative estimate of drug-likeness (QED) is 0.713. The van der Waals surface area contributed by atoms with Gasteiger partial charge in [0.25, 0.3) is 0 Å². The van der Waals surface area contributed by atoms with Crippen molar-refractivity contribution in [3.63, 3.8) is 0 Å². The number of pyridine rings is 1. The third-order valence-electron chi connectivity index (χ3n) is 5.97. The highest BCUT2D eigenvalue weighted by molar-refractivity contribution is 5.86. The Morgan fingerprint density at radius 3 is 2.74 bits per heavy atom. The number of likely N-dealkylation sites (tertiary alicyclic amines) is 1. The van der Waals surface area contributed by atoms with Crippen LogP contribution in [0, 0.1) is 5.82 Å². The highest BCUT2D eigenvalue weighted by Crippen LogP contribution is 2.36. The van der Waals surface area contributed by atoms with E-state index in [-0.39, 0.29) is 24.1 Å². The number of para-hydroxylation sites is 1. The van der Waals surface area contributed by atoms with Gasteiger partial charge < -0.3 is 19.7 Å². The van der Waals surface area contributed by atoms with Crippen LogP contribution in [0.2, 0.25) is 0 Å². The SMILES string of the molecule is COc1nc(N2CCc3ccccc32)c(F)cc1CNC(=O)C1CCCN1C(=O)OC(C)(C)C. The van der Waals surface area contributed by atoms with Gasteiger partial charge in [0.15, 0.2) is 11.6 Å². The van der Waals surface area contributed by atoms with Gasteiger partial charge in [0.1, 0.15) is 11.6 Å². The van der Waals surface area contributed by atoms with Crippen molar-refractivity contribution in [1.29, 1.82) is 0 Å². The topological polar surface area (TPSA) is 84.0 Å². The smallest absolute Gasteiger partial charge is 0.410 e. The monoisotopic (exact) mass is 470 g/mol. The number of carbonyl (C=O) groups is 2. The molecular weight excluding hydrogens is 439 g/mol. The lowest BCUT2D eigenvalue weighted by atomic mass is 10.2. The van der Waals surface area contributed by atoms with E-state index >= 15 is 4.39 Å². The van der Waals surface area contributed by atoms with Gasteiger partial charge in [-0.05, 0) is 57.7 Å². The second-order valence-corrected chi connectivity index (χ2v) is 9.54. The number of fused-ring (bicyclic) bond motifs is 1. The van der Waals surface area contributed by atoms with Crippen molar-refractivity contribution in [3.05, 3.63) is 47.3 Å². The maximum absolute atomic E-state index is 15.1. The van der Waals surface area contributed by atoms with Crippen LogP contribution in [0.25, 0.3) is 0 Å². The molecule has 1 fully saturated rings. The molecule has 1 aromatic carbocycles. The van der Waals surface area contributed by atoms with E-state index in [1.165, 1.54) is 18.1 Å². The summed E-state index contributed by atoms with van der Waals surface area (Å²) in [4.78, 5) is 33.1. The molecule has 9 heteroatoms. The number of nitrogens with one attached hydrogen (secondary N) is 1. The molecule has 1 saturated heterocycles. The molecule has 2 aromatic rings. The summed E-state index contributed by atoms with van der Waals surface area (Å²) < 4.78 is 26.0. The largest absolute Gasteiger partial charge is 0.481 e. The summed E-state index contributed by atoms with van der Waals surface area (Å²) >= 11 is 0. The second kappa shape index (κ2) is 9.48. The van der Waals surface area contributed by atoms with Crippen LogP contribution in [0.15, 0.2) is 30.3 Å². The van der Waals surface area contributed by atoms with Crippen molar-refractivity contribution < 1.29 is 23.5 Å². The van der Waals surface area contributed by atoms with Gasteiger partial charge in [0.2, 0.25) is 11.8 Å².